The highest BCUT2D eigenvalue weighted by molar-refractivity contribution is 5.15. The zero-order valence-corrected chi connectivity index (χ0v) is 16.4. The van der Waals surface area contributed by atoms with Crippen molar-refractivity contribution in [2.24, 2.45) is 0 Å². The van der Waals surface area contributed by atoms with E-state index in [1.807, 2.05) is 0 Å². The van der Waals surface area contributed by atoms with Crippen LogP contribution in [0.1, 0.15) is 55.0 Å². The highest BCUT2D eigenvalue weighted by Crippen LogP contribution is 2.30. The molecule has 144 valence electrons. The zero-order chi connectivity index (χ0) is 18.3. The Hall–Kier alpha value is -1.78. The average molecular weight is 365 g/mol. The van der Waals surface area contributed by atoms with Gasteiger partial charge >= 0.3 is 0 Å². The van der Waals surface area contributed by atoms with E-state index < -0.39 is 0 Å². The van der Waals surface area contributed by atoms with Crippen LogP contribution in [-0.4, -0.2) is 52.5 Å². The molecule has 4 nitrogen and oxygen atoms in total. The van der Waals surface area contributed by atoms with Gasteiger partial charge in [-0.25, -0.2) is 9.97 Å². The van der Waals surface area contributed by atoms with Crippen molar-refractivity contribution in [3.8, 4) is 0 Å². The maximum Gasteiger partial charge on any atom is 0.131 e. The van der Waals surface area contributed by atoms with Gasteiger partial charge in [0, 0.05) is 63.1 Å². The third-order valence-corrected chi connectivity index (χ3v) is 6.13. The fourth-order valence-electron chi connectivity index (χ4n) is 4.38. The van der Waals surface area contributed by atoms with Gasteiger partial charge in [0.1, 0.15) is 5.82 Å². The number of benzene rings is 1. The summed E-state index contributed by atoms with van der Waals surface area (Å²) < 4.78 is 0. The molecule has 1 aromatic heterocycles. The van der Waals surface area contributed by atoms with Gasteiger partial charge in [0.05, 0.1) is 0 Å². The van der Waals surface area contributed by atoms with Gasteiger partial charge in [0.25, 0.3) is 0 Å². The van der Waals surface area contributed by atoms with Crippen molar-refractivity contribution in [2.45, 2.75) is 51.0 Å². The van der Waals surface area contributed by atoms with E-state index in [0.717, 1.165) is 51.5 Å². The lowest BCUT2D eigenvalue weighted by Crippen LogP contribution is -2.46. The van der Waals surface area contributed by atoms with Crippen LogP contribution in [0.4, 0.5) is 0 Å². The molecule has 0 amide bonds. The second-order valence-corrected chi connectivity index (χ2v) is 8.14. The van der Waals surface area contributed by atoms with Crippen LogP contribution < -0.4 is 0 Å². The van der Waals surface area contributed by atoms with Crippen molar-refractivity contribution in [3.05, 3.63) is 59.7 Å². The molecule has 0 bridgehead atoms. The lowest BCUT2D eigenvalue weighted by Gasteiger charge is -2.34. The number of piperazine rings is 1. The van der Waals surface area contributed by atoms with Gasteiger partial charge in [-0.2, -0.15) is 0 Å². The summed E-state index contributed by atoms with van der Waals surface area (Å²) in [5.74, 6) is 1.67. The lowest BCUT2D eigenvalue weighted by molar-refractivity contribution is 0.128. The first-order chi connectivity index (χ1) is 13.4. The summed E-state index contributed by atoms with van der Waals surface area (Å²) in [5, 5.41) is 0. The van der Waals surface area contributed by atoms with E-state index in [4.69, 9.17) is 9.97 Å². The molecule has 0 radical (unpaired) electrons. The Balaban J connectivity index is 1.21. The molecule has 0 unspecified atom stereocenters. The van der Waals surface area contributed by atoms with E-state index in [-0.39, 0.29) is 0 Å². The van der Waals surface area contributed by atoms with E-state index >= 15 is 0 Å². The minimum Gasteiger partial charge on any atom is -0.300 e. The number of nitrogens with zero attached hydrogens (tertiary/aromatic N) is 4. The van der Waals surface area contributed by atoms with Crippen LogP contribution in [-0.2, 0) is 13.0 Å². The van der Waals surface area contributed by atoms with E-state index in [2.05, 4.69) is 52.5 Å². The highest BCUT2D eigenvalue weighted by atomic mass is 15.3. The SMILES string of the molecule is c1ccc(CCN2CCN(Cc3cnc(C4CCCCC4)nc3)CC2)cc1. The molecule has 1 saturated carbocycles. The minimum absolute atomic E-state index is 0.598. The molecule has 0 atom stereocenters. The van der Waals surface area contributed by atoms with Gasteiger partial charge in [0.2, 0.25) is 0 Å². The Kier molecular flexibility index (Phi) is 6.49. The molecular weight excluding hydrogens is 332 g/mol. The molecule has 1 aliphatic heterocycles. The van der Waals surface area contributed by atoms with Crippen LogP contribution in [0.5, 0.6) is 0 Å². The van der Waals surface area contributed by atoms with E-state index in [1.165, 1.54) is 43.2 Å². The van der Waals surface area contributed by atoms with Gasteiger partial charge < -0.3 is 4.90 Å². The largest absolute Gasteiger partial charge is 0.300 e. The monoisotopic (exact) mass is 364 g/mol. The number of rotatable bonds is 6. The number of aromatic nitrogens is 2. The molecule has 1 saturated heterocycles. The Morgan fingerprint density at radius 2 is 1.44 bits per heavy atom. The summed E-state index contributed by atoms with van der Waals surface area (Å²) >= 11 is 0. The molecule has 2 heterocycles. The van der Waals surface area contributed by atoms with Crippen LogP contribution >= 0.6 is 0 Å². The van der Waals surface area contributed by atoms with Gasteiger partial charge in [-0.1, -0.05) is 49.6 Å². The third kappa shape index (κ3) is 5.36. The summed E-state index contributed by atoms with van der Waals surface area (Å²) in [4.78, 5) is 14.5. The molecule has 4 heteroatoms. The Labute approximate surface area is 163 Å². The first-order valence-corrected chi connectivity index (χ1v) is 10.7. The van der Waals surface area contributed by atoms with Gasteiger partial charge in [0.15, 0.2) is 0 Å². The van der Waals surface area contributed by atoms with Crippen molar-refractivity contribution >= 4 is 0 Å². The quantitative estimate of drug-likeness (QED) is 0.778. The van der Waals surface area contributed by atoms with E-state index in [0.29, 0.717) is 5.92 Å². The molecule has 1 aromatic carbocycles. The first kappa shape index (κ1) is 18.6. The molecule has 0 spiro atoms. The van der Waals surface area contributed by atoms with Crippen LogP contribution in [0.3, 0.4) is 0 Å². The highest BCUT2D eigenvalue weighted by Gasteiger charge is 2.19. The maximum absolute atomic E-state index is 4.70. The van der Waals surface area contributed by atoms with Crippen molar-refractivity contribution in [1.29, 1.82) is 0 Å². The zero-order valence-electron chi connectivity index (χ0n) is 16.4. The topological polar surface area (TPSA) is 32.3 Å². The summed E-state index contributed by atoms with van der Waals surface area (Å²) in [6.45, 7) is 6.74. The van der Waals surface area contributed by atoms with E-state index in [9.17, 15) is 0 Å². The van der Waals surface area contributed by atoms with Crippen molar-refractivity contribution in [3.63, 3.8) is 0 Å². The van der Waals surface area contributed by atoms with E-state index in [1.54, 1.807) is 0 Å². The Morgan fingerprint density at radius 1 is 0.778 bits per heavy atom. The molecule has 1 aliphatic carbocycles. The van der Waals surface area contributed by atoms with Crippen LogP contribution in [0.15, 0.2) is 42.7 Å². The average Bonchev–Trinajstić information content (AvgIpc) is 2.75. The van der Waals surface area contributed by atoms with Crippen molar-refractivity contribution < 1.29 is 0 Å². The van der Waals surface area contributed by atoms with Crippen LogP contribution in [0, 0.1) is 0 Å². The third-order valence-electron chi connectivity index (χ3n) is 6.13. The summed E-state index contributed by atoms with van der Waals surface area (Å²) in [6.07, 6.45) is 11.9. The molecule has 27 heavy (non-hydrogen) atoms. The predicted octanol–water partition coefficient (Wildman–Crippen LogP) is 3.88. The first-order valence-electron chi connectivity index (χ1n) is 10.7. The number of hydrogen-bond donors (Lipinski definition) is 0. The van der Waals surface area contributed by atoms with Crippen molar-refractivity contribution in [2.75, 3.05) is 32.7 Å². The molecule has 4 rings (SSSR count). The summed E-state index contributed by atoms with van der Waals surface area (Å²) in [5.41, 5.74) is 2.70. The van der Waals surface area contributed by atoms with Crippen molar-refractivity contribution in [1.82, 2.24) is 19.8 Å². The molecular formula is C23H32N4. The lowest BCUT2D eigenvalue weighted by atomic mass is 9.89. The second-order valence-electron chi connectivity index (χ2n) is 8.14. The predicted molar refractivity (Wildman–Crippen MR) is 110 cm³/mol. The Morgan fingerprint density at radius 3 is 2.15 bits per heavy atom. The fourth-order valence-corrected chi connectivity index (χ4v) is 4.38. The van der Waals surface area contributed by atoms with Gasteiger partial charge in [-0.3, -0.25) is 4.90 Å². The second kappa shape index (κ2) is 9.43. The Bertz CT molecular complexity index is 671. The normalized spacial score (nSPS) is 20.0. The van der Waals surface area contributed by atoms with Crippen LogP contribution in [0.2, 0.25) is 0 Å². The standard InChI is InChI=1S/C23H32N4/c1-3-7-20(8-4-1)11-12-26-13-15-27(16-14-26)19-21-17-24-23(25-18-21)22-9-5-2-6-10-22/h1,3-4,7-8,17-18,22H,2,5-6,9-16,19H2. The number of hydrogen-bond acceptors (Lipinski definition) is 4. The fraction of sp³-hybridized carbons (Fsp3) is 0.565. The molecule has 2 fully saturated rings. The molecule has 2 aliphatic rings. The van der Waals surface area contributed by atoms with Crippen LogP contribution in [0.25, 0.3) is 0 Å². The minimum atomic E-state index is 0.598. The maximum atomic E-state index is 4.70. The smallest absolute Gasteiger partial charge is 0.131 e. The van der Waals surface area contributed by atoms with Gasteiger partial charge in [-0.05, 0) is 24.8 Å². The van der Waals surface area contributed by atoms with Gasteiger partial charge in [-0.15, -0.1) is 0 Å². The molecule has 0 N–H and O–H groups in total. The molecule has 2 aromatic rings. The summed E-state index contributed by atoms with van der Waals surface area (Å²) in [6, 6.07) is 10.8. The summed E-state index contributed by atoms with van der Waals surface area (Å²) in [7, 11) is 0.